The third-order valence-electron chi connectivity index (χ3n) is 5.31. The molecular weight excluding hydrogens is 268 g/mol. The van der Waals surface area contributed by atoms with Gasteiger partial charge in [-0.25, -0.2) is 0 Å². The number of rotatable bonds is 6. The van der Waals surface area contributed by atoms with Crippen LogP contribution in [-0.4, -0.2) is 37.1 Å². The molecule has 2 aliphatic rings. The molecule has 0 spiro atoms. The summed E-state index contributed by atoms with van der Waals surface area (Å²) >= 11 is 0. The van der Waals surface area contributed by atoms with Crippen LogP contribution in [0.25, 0.3) is 0 Å². The average Bonchev–Trinajstić information content (AvgIpc) is 2.86. The van der Waals surface area contributed by atoms with E-state index in [9.17, 15) is 0 Å². The Balaban J connectivity index is 1.86. The number of likely N-dealkylation sites (tertiary alicyclic amines) is 1. The van der Waals surface area contributed by atoms with E-state index in [4.69, 9.17) is 0 Å². The molecule has 0 aromatic rings. The number of hydrogen-bond acceptors (Lipinski definition) is 2. The van der Waals surface area contributed by atoms with E-state index in [2.05, 4.69) is 44.8 Å². The molecule has 1 aliphatic heterocycles. The van der Waals surface area contributed by atoms with Crippen molar-refractivity contribution >= 4 is 0 Å². The maximum absolute atomic E-state index is 3.94. The zero-order valence-corrected chi connectivity index (χ0v) is 15.8. The fraction of sp³-hybridized carbons (Fsp3) is 1.00. The van der Waals surface area contributed by atoms with Gasteiger partial charge in [0, 0.05) is 25.7 Å². The van der Waals surface area contributed by atoms with Crippen molar-refractivity contribution in [3.63, 3.8) is 0 Å². The van der Waals surface area contributed by atoms with Gasteiger partial charge in [-0.3, -0.25) is 0 Å². The molecule has 0 amide bonds. The van der Waals surface area contributed by atoms with Crippen molar-refractivity contribution in [2.24, 2.45) is 23.2 Å². The normalized spacial score (nSPS) is 28.6. The van der Waals surface area contributed by atoms with Crippen LogP contribution < -0.4 is 5.32 Å². The van der Waals surface area contributed by atoms with Crippen molar-refractivity contribution in [2.75, 3.05) is 26.2 Å². The zero-order valence-electron chi connectivity index (χ0n) is 15.8. The van der Waals surface area contributed by atoms with Gasteiger partial charge in [0.2, 0.25) is 0 Å². The Morgan fingerprint density at radius 2 is 1.73 bits per heavy atom. The Bertz CT molecular complexity index is 312. The highest BCUT2D eigenvalue weighted by Gasteiger charge is 2.30. The second-order valence-electron chi connectivity index (χ2n) is 9.73. The van der Waals surface area contributed by atoms with E-state index in [1.807, 2.05) is 0 Å². The lowest BCUT2D eigenvalue weighted by atomic mass is 9.80. The highest BCUT2D eigenvalue weighted by Crippen LogP contribution is 2.31. The highest BCUT2D eigenvalue weighted by atomic mass is 15.2. The van der Waals surface area contributed by atoms with E-state index >= 15 is 0 Å². The predicted octanol–water partition coefficient (Wildman–Crippen LogP) is 4.55. The van der Waals surface area contributed by atoms with Crippen LogP contribution in [0.1, 0.15) is 73.1 Å². The molecule has 1 saturated carbocycles. The Labute approximate surface area is 139 Å². The lowest BCUT2D eigenvalue weighted by Crippen LogP contribution is -2.51. The van der Waals surface area contributed by atoms with Gasteiger partial charge in [-0.1, -0.05) is 47.5 Å². The minimum Gasteiger partial charge on any atom is -0.312 e. The van der Waals surface area contributed by atoms with E-state index in [-0.39, 0.29) is 0 Å². The Hall–Kier alpha value is -0.0800. The lowest BCUT2D eigenvalue weighted by Gasteiger charge is -2.41. The van der Waals surface area contributed by atoms with E-state index in [0.29, 0.717) is 5.41 Å². The first-order valence-corrected chi connectivity index (χ1v) is 9.77. The second-order valence-corrected chi connectivity index (χ2v) is 9.73. The van der Waals surface area contributed by atoms with Crippen molar-refractivity contribution in [2.45, 2.75) is 79.2 Å². The molecule has 0 aromatic heterocycles. The summed E-state index contributed by atoms with van der Waals surface area (Å²) in [4.78, 5) is 2.73. The topological polar surface area (TPSA) is 15.3 Å². The molecule has 2 fully saturated rings. The number of nitrogens with zero attached hydrogens (tertiary/aromatic N) is 1. The van der Waals surface area contributed by atoms with E-state index in [1.165, 1.54) is 64.7 Å². The van der Waals surface area contributed by atoms with Crippen molar-refractivity contribution in [1.82, 2.24) is 10.2 Å². The summed E-state index contributed by atoms with van der Waals surface area (Å²) in [5.41, 5.74) is 0.460. The van der Waals surface area contributed by atoms with Crippen LogP contribution in [0.3, 0.4) is 0 Å². The van der Waals surface area contributed by atoms with Gasteiger partial charge in [0.15, 0.2) is 0 Å². The Morgan fingerprint density at radius 3 is 2.32 bits per heavy atom. The number of nitrogens with one attached hydrogen (secondary N) is 1. The molecule has 1 heterocycles. The molecule has 2 nitrogen and oxygen atoms in total. The first-order valence-electron chi connectivity index (χ1n) is 9.77. The van der Waals surface area contributed by atoms with Crippen molar-refractivity contribution in [3.8, 4) is 0 Å². The summed E-state index contributed by atoms with van der Waals surface area (Å²) in [5.74, 6) is 2.61. The van der Waals surface area contributed by atoms with E-state index in [0.717, 1.165) is 23.8 Å². The van der Waals surface area contributed by atoms with E-state index in [1.54, 1.807) is 0 Å². The van der Waals surface area contributed by atoms with Crippen LogP contribution >= 0.6 is 0 Å². The fourth-order valence-electron chi connectivity index (χ4n) is 4.68. The van der Waals surface area contributed by atoms with Gasteiger partial charge in [-0.2, -0.15) is 0 Å². The first kappa shape index (κ1) is 18.3. The van der Waals surface area contributed by atoms with Crippen LogP contribution in [0, 0.1) is 23.2 Å². The maximum Gasteiger partial charge on any atom is 0.0198 e. The third-order valence-corrected chi connectivity index (χ3v) is 5.31. The Kier molecular flexibility index (Phi) is 6.76. The van der Waals surface area contributed by atoms with Gasteiger partial charge >= 0.3 is 0 Å². The molecule has 1 N–H and O–H groups in total. The number of piperidine rings is 1. The number of hydrogen-bond donors (Lipinski definition) is 1. The highest BCUT2D eigenvalue weighted by molar-refractivity contribution is 4.86. The molecule has 0 bridgehead atoms. The molecule has 2 rings (SSSR count). The summed E-state index contributed by atoms with van der Waals surface area (Å²) in [7, 11) is 0. The van der Waals surface area contributed by atoms with Crippen LogP contribution in [0.2, 0.25) is 0 Å². The second kappa shape index (κ2) is 8.15. The quantitative estimate of drug-likeness (QED) is 0.774. The molecular formula is C20H40N2. The molecule has 2 atom stereocenters. The molecule has 2 unspecified atom stereocenters. The monoisotopic (exact) mass is 308 g/mol. The fourth-order valence-corrected chi connectivity index (χ4v) is 4.68. The largest absolute Gasteiger partial charge is 0.312 e. The van der Waals surface area contributed by atoms with Gasteiger partial charge in [0.25, 0.3) is 0 Å². The van der Waals surface area contributed by atoms with Gasteiger partial charge < -0.3 is 10.2 Å². The molecule has 0 aromatic carbocycles. The van der Waals surface area contributed by atoms with Gasteiger partial charge in [-0.05, 0) is 55.4 Å². The van der Waals surface area contributed by atoms with Crippen LogP contribution in [0.15, 0.2) is 0 Å². The predicted molar refractivity (Wildman–Crippen MR) is 97.2 cm³/mol. The molecule has 1 saturated heterocycles. The molecule has 1 aliphatic carbocycles. The van der Waals surface area contributed by atoms with Crippen molar-refractivity contribution in [1.29, 1.82) is 0 Å². The van der Waals surface area contributed by atoms with Crippen LogP contribution in [-0.2, 0) is 0 Å². The Morgan fingerprint density at radius 1 is 1.05 bits per heavy atom. The zero-order chi connectivity index (χ0) is 16.2. The summed E-state index contributed by atoms with van der Waals surface area (Å²) in [6, 6.07) is 0.723. The minimum atomic E-state index is 0.460. The summed E-state index contributed by atoms with van der Waals surface area (Å²) in [6.45, 7) is 17.0. The maximum atomic E-state index is 3.94. The standard InChI is InChI=1S/C20H40N2/c1-16(2)13-22-14-18(11-20(3,4)5)10-19(15-22)21-12-17-8-6-7-9-17/h16-19,21H,6-15H2,1-5H3. The average molecular weight is 309 g/mol. The van der Waals surface area contributed by atoms with Gasteiger partial charge in [-0.15, -0.1) is 0 Å². The molecule has 2 heteroatoms. The molecule has 22 heavy (non-hydrogen) atoms. The van der Waals surface area contributed by atoms with Gasteiger partial charge in [0.05, 0.1) is 0 Å². The van der Waals surface area contributed by atoms with Crippen LogP contribution in [0.4, 0.5) is 0 Å². The van der Waals surface area contributed by atoms with Gasteiger partial charge in [0.1, 0.15) is 0 Å². The van der Waals surface area contributed by atoms with Crippen LogP contribution in [0.5, 0.6) is 0 Å². The first-order chi connectivity index (χ1) is 10.3. The minimum absolute atomic E-state index is 0.460. The smallest absolute Gasteiger partial charge is 0.0198 e. The lowest BCUT2D eigenvalue weighted by molar-refractivity contribution is 0.102. The third kappa shape index (κ3) is 6.58. The van der Waals surface area contributed by atoms with Crippen molar-refractivity contribution in [3.05, 3.63) is 0 Å². The summed E-state index contributed by atoms with van der Waals surface area (Å²) in [5, 5.41) is 3.94. The SMILES string of the molecule is CC(C)CN1CC(CC(C)(C)C)CC(NCC2CCCC2)C1. The molecule has 130 valence electrons. The summed E-state index contributed by atoms with van der Waals surface area (Å²) < 4.78 is 0. The van der Waals surface area contributed by atoms with Crippen molar-refractivity contribution < 1.29 is 0 Å². The summed E-state index contributed by atoms with van der Waals surface area (Å²) in [6.07, 6.45) is 8.59. The van der Waals surface area contributed by atoms with E-state index < -0.39 is 0 Å². The molecule has 0 radical (unpaired) electrons.